The van der Waals surface area contributed by atoms with E-state index in [4.69, 9.17) is 23.2 Å². The second-order valence-corrected chi connectivity index (χ2v) is 13.2. The Morgan fingerprint density at radius 3 is 2.36 bits per heavy atom. The number of likely N-dealkylation sites (tertiary alicyclic amines) is 1. The van der Waals surface area contributed by atoms with Gasteiger partial charge < -0.3 is 4.90 Å². The number of piperidine rings is 1. The lowest BCUT2D eigenvalue weighted by Crippen LogP contribution is -2.59. The van der Waals surface area contributed by atoms with Crippen molar-refractivity contribution in [1.29, 1.82) is 0 Å². The zero-order valence-electron chi connectivity index (χ0n) is 21.4. The summed E-state index contributed by atoms with van der Waals surface area (Å²) >= 11 is 12.6. The van der Waals surface area contributed by atoms with Crippen molar-refractivity contribution in [2.45, 2.75) is 58.5 Å². The second-order valence-electron chi connectivity index (χ2n) is 10.2. The number of nitrogens with one attached hydrogen (secondary N) is 1. The van der Waals surface area contributed by atoms with E-state index in [9.17, 15) is 13.2 Å². The van der Waals surface area contributed by atoms with Crippen LogP contribution < -0.4 is 4.72 Å². The monoisotopic (exact) mass is 550 g/mol. The highest BCUT2D eigenvalue weighted by Crippen LogP contribution is 2.52. The van der Waals surface area contributed by atoms with Gasteiger partial charge in [-0.15, -0.1) is 6.58 Å². The minimum Gasteiger partial charge on any atom is -0.330 e. The van der Waals surface area contributed by atoms with Crippen molar-refractivity contribution >= 4 is 39.1 Å². The van der Waals surface area contributed by atoms with Crippen molar-refractivity contribution in [2.75, 3.05) is 12.3 Å². The first-order valence-electron chi connectivity index (χ1n) is 12.3. The molecule has 4 atom stereocenters. The van der Waals surface area contributed by atoms with E-state index < -0.39 is 15.4 Å². The predicted octanol–water partition coefficient (Wildman–Crippen LogP) is 6.60. The Hall–Kier alpha value is -1.86. The molecule has 0 unspecified atom stereocenters. The van der Waals surface area contributed by atoms with Crippen LogP contribution in [-0.2, 0) is 14.8 Å². The van der Waals surface area contributed by atoms with E-state index in [0.29, 0.717) is 22.9 Å². The van der Waals surface area contributed by atoms with E-state index >= 15 is 0 Å². The molecule has 1 aliphatic rings. The van der Waals surface area contributed by atoms with Crippen molar-refractivity contribution in [3.63, 3.8) is 0 Å². The summed E-state index contributed by atoms with van der Waals surface area (Å²) in [5.74, 6) is -0.105. The zero-order valence-corrected chi connectivity index (χ0v) is 23.7. The minimum atomic E-state index is -3.44. The summed E-state index contributed by atoms with van der Waals surface area (Å²) in [5.41, 5.74) is 1.28. The average Bonchev–Trinajstić information content (AvgIpc) is 2.82. The van der Waals surface area contributed by atoms with Crippen molar-refractivity contribution < 1.29 is 13.2 Å². The Balaban J connectivity index is 2.23. The highest BCUT2D eigenvalue weighted by atomic mass is 35.5. The van der Waals surface area contributed by atoms with E-state index in [1.54, 1.807) is 13.0 Å². The molecule has 5 nitrogen and oxygen atoms in total. The fourth-order valence-electron chi connectivity index (χ4n) is 5.22. The summed E-state index contributed by atoms with van der Waals surface area (Å²) in [5, 5.41) is 1.24. The number of halogens is 2. The summed E-state index contributed by atoms with van der Waals surface area (Å²) in [6, 6.07) is 14.6. The summed E-state index contributed by atoms with van der Waals surface area (Å²) in [6.07, 6.45) is 2.91. The number of sulfonamides is 1. The molecule has 1 saturated heterocycles. The van der Waals surface area contributed by atoms with Crippen molar-refractivity contribution in [1.82, 2.24) is 9.62 Å². The lowest BCUT2D eigenvalue weighted by molar-refractivity contribution is -0.155. The molecule has 8 heteroatoms. The topological polar surface area (TPSA) is 66.5 Å². The van der Waals surface area contributed by atoms with E-state index in [0.717, 1.165) is 11.1 Å². The normalized spacial score (nSPS) is 23.6. The number of carbonyl (C=O) groups excluding carboxylic acids is 1. The third-order valence-corrected chi connectivity index (χ3v) is 9.06. The van der Waals surface area contributed by atoms with Crippen molar-refractivity contribution in [2.24, 2.45) is 11.3 Å². The fourth-order valence-corrected chi connectivity index (χ4v) is 6.18. The summed E-state index contributed by atoms with van der Waals surface area (Å²) in [7, 11) is -3.44. The van der Waals surface area contributed by atoms with E-state index in [1.165, 1.54) is 0 Å². The molecule has 0 bridgehead atoms. The summed E-state index contributed by atoms with van der Waals surface area (Å²) < 4.78 is 27.5. The number of carbonyl (C=O) groups is 1. The Labute approximate surface area is 225 Å². The first-order chi connectivity index (χ1) is 16.9. The van der Waals surface area contributed by atoms with Gasteiger partial charge in [-0.25, -0.2) is 13.1 Å². The number of amides is 1. The van der Waals surface area contributed by atoms with Gasteiger partial charge in [0.15, 0.2) is 0 Å². The maximum absolute atomic E-state index is 14.3. The fraction of sp³-hybridized carbons (Fsp3) is 0.464. The lowest BCUT2D eigenvalue weighted by atomic mass is 9.66. The predicted molar refractivity (Wildman–Crippen MR) is 149 cm³/mol. The number of allylic oxidation sites excluding steroid dienone is 1. The summed E-state index contributed by atoms with van der Waals surface area (Å²) in [4.78, 5) is 16.2. The van der Waals surface area contributed by atoms with Crippen LogP contribution in [0.5, 0.6) is 0 Å². The molecule has 0 aromatic heterocycles. The molecule has 1 N–H and O–H groups in total. The van der Waals surface area contributed by atoms with E-state index in [-0.39, 0.29) is 42.1 Å². The SMILES string of the molecule is C=CC[C@@]1(C)C[C@H](c2cccc(Cl)c2)[C@@H](c2ccc(Cl)cc2)N([C@H](CNS(=O)(=O)CC)C(C)C)C1=O. The van der Waals surface area contributed by atoms with Crippen LogP contribution in [0.15, 0.2) is 61.2 Å². The molecule has 1 aliphatic heterocycles. The Kier molecular flexibility index (Phi) is 9.31. The Morgan fingerprint density at radius 2 is 1.81 bits per heavy atom. The number of rotatable bonds is 10. The third-order valence-electron chi connectivity index (χ3n) is 7.20. The second kappa shape index (κ2) is 11.7. The van der Waals surface area contributed by atoms with Gasteiger partial charge in [0.05, 0.1) is 17.2 Å². The number of nitrogens with zero attached hydrogens (tertiary/aromatic N) is 1. The third kappa shape index (κ3) is 6.34. The smallest absolute Gasteiger partial charge is 0.229 e. The highest BCUT2D eigenvalue weighted by molar-refractivity contribution is 7.89. The molecule has 0 radical (unpaired) electrons. The molecule has 2 aromatic rings. The molecule has 196 valence electrons. The molecule has 2 aromatic carbocycles. The number of hydrogen-bond acceptors (Lipinski definition) is 3. The van der Waals surface area contributed by atoms with Gasteiger partial charge in [-0.05, 0) is 61.1 Å². The Morgan fingerprint density at radius 1 is 1.14 bits per heavy atom. The zero-order chi connectivity index (χ0) is 26.7. The Bertz CT molecular complexity index is 1180. The maximum Gasteiger partial charge on any atom is 0.229 e. The van der Waals surface area contributed by atoms with E-state index in [1.807, 2.05) is 74.2 Å². The molecule has 3 rings (SSSR count). The van der Waals surface area contributed by atoms with Crippen LogP contribution in [0, 0.1) is 11.3 Å². The van der Waals surface area contributed by atoms with Gasteiger partial charge in [0.25, 0.3) is 0 Å². The first kappa shape index (κ1) is 28.7. The first-order valence-corrected chi connectivity index (χ1v) is 14.7. The average molecular weight is 552 g/mol. The van der Waals surface area contributed by atoms with Gasteiger partial charge in [0.2, 0.25) is 15.9 Å². The highest BCUT2D eigenvalue weighted by Gasteiger charge is 2.51. The number of benzene rings is 2. The number of hydrogen-bond donors (Lipinski definition) is 1. The molecule has 1 amide bonds. The van der Waals surface area contributed by atoms with Gasteiger partial charge in [0, 0.05) is 28.5 Å². The largest absolute Gasteiger partial charge is 0.330 e. The quantitative estimate of drug-likeness (QED) is 0.339. The van der Waals surface area contributed by atoms with Gasteiger partial charge in [0.1, 0.15) is 0 Å². The van der Waals surface area contributed by atoms with Crippen molar-refractivity contribution in [3.05, 3.63) is 82.4 Å². The maximum atomic E-state index is 14.3. The van der Waals surface area contributed by atoms with Crippen LogP contribution in [0.3, 0.4) is 0 Å². The van der Waals surface area contributed by atoms with Crippen LogP contribution in [0.25, 0.3) is 0 Å². The van der Waals surface area contributed by atoms with Crippen LogP contribution in [0.2, 0.25) is 10.0 Å². The standard InChI is InChI=1S/C28H36Cl2N2O3S/c1-6-15-28(5)17-24(21-9-8-10-23(30)16-21)26(20-11-13-22(29)14-12-20)32(27(28)33)25(19(3)4)18-31-36(34,35)7-2/h6,8-14,16,19,24-26,31H,1,7,15,17-18H2,2-5H3/t24-,25-,26-,28+/m1/s1. The lowest BCUT2D eigenvalue weighted by Gasteiger charge is -2.53. The minimum absolute atomic E-state index is 0.00461. The molecular formula is C28H36Cl2N2O3S. The molecule has 0 aliphatic carbocycles. The molecule has 0 saturated carbocycles. The van der Waals surface area contributed by atoms with Gasteiger partial charge in [-0.3, -0.25) is 4.79 Å². The van der Waals surface area contributed by atoms with Gasteiger partial charge in [-0.1, -0.05) is 74.3 Å². The van der Waals surface area contributed by atoms with E-state index in [2.05, 4.69) is 11.3 Å². The van der Waals surface area contributed by atoms with Crippen LogP contribution in [0.4, 0.5) is 0 Å². The summed E-state index contributed by atoms with van der Waals surface area (Å²) in [6.45, 7) is 11.7. The van der Waals surface area contributed by atoms with Crippen LogP contribution in [-0.4, -0.2) is 37.6 Å². The molecule has 36 heavy (non-hydrogen) atoms. The van der Waals surface area contributed by atoms with Gasteiger partial charge >= 0.3 is 0 Å². The molecule has 0 spiro atoms. The van der Waals surface area contributed by atoms with Crippen molar-refractivity contribution in [3.8, 4) is 0 Å². The molecule has 1 heterocycles. The van der Waals surface area contributed by atoms with Crippen LogP contribution in [0.1, 0.15) is 63.6 Å². The van der Waals surface area contributed by atoms with Gasteiger partial charge in [-0.2, -0.15) is 0 Å². The molecule has 1 fully saturated rings. The molecular weight excluding hydrogens is 515 g/mol. The van der Waals surface area contributed by atoms with Crippen LogP contribution >= 0.6 is 23.2 Å².